The Kier molecular flexibility index (Phi) is 2.01. The van der Waals surface area contributed by atoms with Gasteiger partial charge in [0, 0.05) is 0 Å². The quantitative estimate of drug-likeness (QED) is 0.604. The van der Waals surface area contributed by atoms with Gasteiger partial charge >= 0.3 is 5.97 Å². The maximum absolute atomic E-state index is 10.4. The maximum Gasteiger partial charge on any atom is 0.316 e. The summed E-state index contributed by atoms with van der Waals surface area (Å²) in [7, 11) is 0. The molecule has 1 N–H and O–H groups in total. The van der Waals surface area contributed by atoms with E-state index in [2.05, 4.69) is 0 Å². The predicted octanol–water partition coefficient (Wildman–Crippen LogP) is 1.21. The summed E-state index contributed by atoms with van der Waals surface area (Å²) in [5, 5.41) is 8.43. The topological polar surface area (TPSA) is 37.3 Å². The largest absolute Gasteiger partial charge is 0.480 e. The molecule has 0 saturated carbocycles. The molecule has 9 heavy (non-hydrogen) atoms. The van der Waals surface area contributed by atoms with E-state index in [-0.39, 0.29) is 5.25 Å². The normalized spacial score (nSPS) is 34.8. The molecule has 1 fully saturated rings. The van der Waals surface area contributed by atoms with Crippen LogP contribution in [0.1, 0.15) is 13.3 Å². The molecule has 0 bridgehead atoms. The van der Waals surface area contributed by atoms with Crippen LogP contribution in [0.3, 0.4) is 0 Å². The molecular formula is C6H10O2S. The van der Waals surface area contributed by atoms with Crippen molar-refractivity contribution < 1.29 is 9.90 Å². The molecule has 0 aromatic carbocycles. The Balaban J connectivity index is 2.49. The molecule has 0 spiro atoms. The lowest BCUT2D eigenvalue weighted by molar-refractivity contribution is -0.137. The second-order valence-corrected chi connectivity index (χ2v) is 3.65. The van der Waals surface area contributed by atoms with E-state index >= 15 is 0 Å². The highest BCUT2D eigenvalue weighted by atomic mass is 32.2. The first-order valence-corrected chi connectivity index (χ1v) is 4.11. The lowest BCUT2D eigenvalue weighted by Gasteiger charge is -2.06. The van der Waals surface area contributed by atoms with Gasteiger partial charge in [-0.3, -0.25) is 4.79 Å². The monoisotopic (exact) mass is 146 g/mol. The van der Waals surface area contributed by atoms with Crippen molar-refractivity contribution in [1.82, 2.24) is 0 Å². The summed E-state index contributed by atoms with van der Waals surface area (Å²) in [5.74, 6) is 0.732. The number of hydrogen-bond donors (Lipinski definition) is 1. The van der Waals surface area contributed by atoms with Crippen molar-refractivity contribution in [3.05, 3.63) is 0 Å². The number of carboxylic acids is 1. The van der Waals surface area contributed by atoms with E-state index < -0.39 is 5.97 Å². The molecule has 0 aromatic rings. The zero-order valence-corrected chi connectivity index (χ0v) is 6.15. The van der Waals surface area contributed by atoms with Crippen LogP contribution in [0.2, 0.25) is 0 Å². The van der Waals surface area contributed by atoms with Gasteiger partial charge in [0.05, 0.1) is 0 Å². The van der Waals surface area contributed by atoms with E-state index in [1.807, 2.05) is 6.92 Å². The van der Waals surface area contributed by atoms with Crippen LogP contribution < -0.4 is 0 Å². The second-order valence-electron chi connectivity index (χ2n) is 2.40. The van der Waals surface area contributed by atoms with E-state index in [1.165, 1.54) is 0 Å². The Bertz CT molecular complexity index is 124. The molecule has 3 heteroatoms. The lowest BCUT2D eigenvalue weighted by Crippen LogP contribution is -2.19. The van der Waals surface area contributed by atoms with Crippen molar-refractivity contribution in [3.63, 3.8) is 0 Å². The minimum atomic E-state index is -0.648. The van der Waals surface area contributed by atoms with Gasteiger partial charge in [-0.05, 0) is 18.1 Å². The van der Waals surface area contributed by atoms with Gasteiger partial charge in [-0.2, -0.15) is 0 Å². The van der Waals surface area contributed by atoms with Crippen LogP contribution in [0.4, 0.5) is 0 Å². The lowest BCUT2D eigenvalue weighted by atomic mass is 10.1. The third kappa shape index (κ3) is 1.39. The summed E-state index contributed by atoms with van der Waals surface area (Å²) >= 11 is 1.56. The summed E-state index contributed by atoms with van der Waals surface area (Å²) in [5.41, 5.74) is 0. The zero-order valence-electron chi connectivity index (χ0n) is 5.33. The van der Waals surface area contributed by atoms with Crippen molar-refractivity contribution in [2.45, 2.75) is 18.6 Å². The van der Waals surface area contributed by atoms with Crippen LogP contribution in [-0.2, 0) is 4.79 Å². The third-order valence-corrected chi connectivity index (χ3v) is 3.13. The van der Waals surface area contributed by atoms with Gasteiger partial charge < -0.3 is 5.11 Å². The Labute approximate surface area is 58.6 Å². The van der Waals surface area contributed by atoms with Crippen molar-refractivity contribution in [1.29, 1.82) is 0 Å². The van der Waals surface area contributed by atoms with Crippen LogP contribution in [0, 0.1) is 5.92 Å². The molecule has 0 aromatic heterocycles. The minimum Gasteiger partial charge on any atom is -0.480 e. The van der Waals surface area contributed by atoms with Gasteiger partial charge in [-0.1, -0.05) is 6.92 Å². The molecule has 52 valence electrons. The molecule has 2 unspecified atom stereocenters. The molecule has 2 atom stereocenters. The molecular weight excluding hydrogens is 136 g/mol. The van der Waals surface area contributed by atoms with E-state index in [1.54, 1.807) is 11.8 Å². The molecule has 0 amide bonds. The van der Waals surface area contributed by atoms with Crippen LogP contribution in [0.25, 0.3) is 0 Å². The van der Waals surface area contributed by atoms with E-state index in [4.69, 9.17) is 5.11 Å². The summed E-state index contributed by atoms with van der Waals surface area (Å²) < 4.78 is 0. The fourth-order valence-electron chi connectivity index (χ4n) is 1.01. The van der Waals surface area contributed by atoms with Crippen LogP contribution >= 0.6 is 11.8 Å². The highest BCUT2D eigenvalue weighted by molar-refractivity contribution is 8.00. The highest BCUT2D eigenvalue weighted by Gasteiger charge is 2.29. The van der Waals surface area contributed by atoms with Crippen molar-refractivity contribution in [2.24, 2.45) is 5.92 Å². The van der Waals surface area contributed by atoms with E-state index in [0.717, 1.165) is 12.2 Å². The maximum atomic E-state index is 10.4. The number of aliphatic carboxylic acids is 1. The number of carbonyl (C=O) groups is 1. The highest BCUT2D eigenvalue weighted by Crippen LogP contribution is 2.31. The standard InChI is InChI=1S/C6H10O2S/c1-4-2-3-9-5(4)6(7)8/h4-5H,2-3H2,1H3,(H,7,8). The first-order chi connectivity index (χ1) is 4.22. The van der Waals surface area contributed by atoms with E-state index in [0.29, 0.717) is 5.92 Å². The molecule has 1 saturated heterocycles. The summed E-state index contributed by atoms with van der Waals surface area (Å²) in [6.07, 6.45) is 1.06. The average molecular weight is 146 g/mol. The summed E-state index contributed by atoms with van der Waals surface area (Å²) in [6, 6.07) is 0. The Morgan fingerprint density at radius 3 is 2.67 bits per heavy atom. The predicted molar refractivity (Wildman–Crippen MR) is 37.7 cm³/mol. The number of carboxylic acid groups (broad SMARTS) is 1. The number of hydrogen-bond acceptors (Lipinski definition) is 2. The molecule has 1 aliphatic rings. The number of thioether (sulfide) groups is 1. The van der Waals surface area contributed by atoms with Crippen molar-refractivity contribution in [2.75, 3.05) is 5.75 Å². The first-order valence-electron chi connectivity index (χ1n) is 3.06. The molecule has 1 rings (SSSR count). The van der Waals surface area contributed by atoms with E-state index in [9.17, 15) is 4.79 Å². The SMILES string of the molecule is CC1CCSC1C(=O)O. The number of rotatable bonds is 1. The van der Waals surface area contributed by atoms with Gasteiger partial charge in [0.15, 0.2) is 0 Å². The van der Waals surface area contributed by atoms with Crippen LogP contribution in [-0.4, -0.2) is 22.1 Å². The second kappa shape index (κ2) is 2.60. The Morgan fingerprint density at radius 2 is 2.44 bits per heavy atom. The van der Waals surface area contributed by atoms with Gasteiger partial charge in [0.25, 0.3) is 0 Å². The van der Waals surface area contributed by atoms with Crippen molar-refractivity contribution >= 4 is 17.7 Å². The summed E-state index contributed by atoms with van der Waals surface area (Å²) in [6.45, 7) is 2.00. The van der Waals surface area contributed by atoms with Crippen molar-refractivity contribution in [3.8, 4) is 0 Å². The van der Waals surface area contributed by atoms with Crippen LogP contribution in [0.5, 0.6) is 0 Å². The van der Waals surface area contributed by atoms with Gasteiger partial charge in [0.2, 0.25) is 0 Å². The molecule has 0 radical (unpaired) electrons. The van der Waals surface area contributed by atoms with Crippen LogP contribution in [0.15, 0.2) is 0 Å². The molecule has 0 aliphatic carbocycles. The molecule has 2 nitrogen and oxygen atoms in total. The minimum absolute atomic E-state index is 0.134. The Morgan fingerprint density at radius 1 is 1.78 bits per heavy atom. The Hall–Kier alpha value is -0.180. The van der Waals surface area contributed by atoms with Gasteiger partial charge in [-0.25, -0.2) is 0 Å². The zero-order chi connectivity index (χ0) is 6.85. The summed E-state index contributed by atoms with van der Waals surface area (Å²) in [4.78, 5) is 10.4. The smallest absolute Gasteiger partial charge is 0.316 e. The third-order valence-electron chi connectivity index (χ3n) is 1.63. The molecule has 1 heterocycles. The fraction of sp³-hybridized carbons (Fsp3) is 0.833. The average Bonchev–Trinajstić information content (AvgIpc) is 2.13. The fourth-order valence-corrected chi connectivity index (χ4v) is 2.38. The van der Waals surface area contributed by atoms with Gasteiger partial charge in [-0.15, -0.1) is 11.8 Å². The molecule has 1 aliphatic heterocycles. The van der Waals surface area contributed by atoms with Gasteiger partial charge in [0.1, 0.15) is 5.25 Å². The first kappa shape index (κ1) is 6.93.